The van der Waals surface area contributed by atoms with Crippen LogP contribution in [-0.2, 0) is 14.3 Å². The Morgan fingerprint density at radius 2 is 1.64 bits per heavy atom. The summed E-state index contributed by atoms with van der Waals surface area (Å²) in [4.78, 5) is 36.7. The van der Waals surface area contributed by atoms with E-state index in [4.69, 9.17) is 14.6 Å². The summed E-state index contributed by atoms with van der Waals surface area (Å²) in [6.07, 6.45) is 0.968. The van der Waals surface area contributed by atoms with E-state index in [1.807, 2.05) is 6.07 Å². The maximum absolute atomic E-state index is 12.8. The highest BCUT2D eigenvalue weighted by Crippen LogP contribution is 2.20. The fourth-order valence-corrected chi connectivity index (χ4v) is 2.51. The second-order valence-electron chi connectivity index (χ2n) is 6.13. The molecule has 0 fully saturated rings. The Balaban J connectivity index is 2.01. The predicted molar refractivity (Wildman–Crippen MR) is 103 cm³/mol. The van der Waals surface area contributed by atoms with Gasteiger partial charge in [0.2, 0.25) is 0 Å². The van der Waals surface area contributed by atoms with Gasteiger partial charge in [0.05, 0.1) is 30.6 Å². The molecule has 0 bridgehead atoms. The van der Waals surface area contributed by atoms with Gasteiger partial charge in [0.15, 0.2) is 5.78 Å². The smallest absolute Gasteiger partial charge is 0.338 e. The van der Waals surface area contributed by atoms with Crippen molar-refractivity contribution in [2.24, 2.45) is 0 Å². The van der Waals surface area contributed by atoms with E-state index in [0.717, 1.165) is 0 Å². The third kappa shape index (κ3) is 5.30. The molecule has 0 radical (unpaired) electrons. The zero-order chi connectivity index (χ0) is 20.5. The fourth-order valence-electron chi connectivity index (χ4n) is 2.51. The lowest BCUT2D eigenvalue weighted by atomic mass is 9.94. The molecular weight excluding hydrogens is 360 g/mol. The van der Waals surface area contributed by atoms with Crippen LogP contribution in [0.4, 0.5) is 0 Å². The number of benzene rings is 2. The lowest BCUT2D eigenvalue weighted by Crippen LogP contribution is -2.16. The van der Waals surface area contributed by atoms with Gasteiger partial charge < -0.3 is 14.6 Å². The summed E-state index contributed by atoms with van der Waals surface area (Å²) >= 11 is 0. The molecule has 2 aromatic rings. The first-order valence-electron chi connectivity index (χ1n) is 8.80. The van der Waals surface area contributed by atoms with Crippen LogP contribution in [0.2, 0.25) is 0 Å². The van der Waals surface area contributed by atoms with Crippen LogP contribution in [0.15, 0.2) is 60.4 Å². The minimum Gasteiger partial charge on any atom is -0.515 e. The number of aryl methyl sites for hydroxylation is 1. The van der Waals surface area contributed by atoms with Gasteiger partial charge in [0.1, 0.15) is 0 Å². The number of rotatable bonds is 8. The molecule has 0 unspecified atom stereocenters. The molecule has 0 heterocycles. The molecule has 6 heteroatoms. The Bertz CT molecular complexity index is 883. The van der Waals surface area contributed by atoms with E-state index in [2.05, 4.69) is 0 Å². The molecular formula is C22H22O6. The quantitative estimate of drug-likeness (QED) is 0.246. The van der Waals surface area contributed by atoms with Crippen molar-refractivity contribution in [3.8, 4) is 0 Å². The number of carbonyl (C=O) groups is 3. The maximum Gasteiger partial charge on any atom is 0.338 e. The topological polar surface area (TPSA) is 89.9 Å². The molecule has 6 nitrogen and oxygen atoms in total. The van der Waals surface area contributed by atoms with Gasteiger partial charge >= 0.3 is 11.9 Å². The summed E-state index contributed by atoms with van der Waals surface area (Å²) in [7, 11) is 0. The molecule has 0 amide bonds. The number of aliphatic hydroxyl groups excluding tert-OH is 1. The first-order valence-corrected chi connectivity index (χ1v) is 8.80. The molecule has 146 valence electrons. The van der Waals surface area contributed by atoms with Gasteiger partial charge in [-0.2, -0.15) is 0 Å². The Morgan fingerprint density at radius 3 is 2.32 bits per heavy atom. The number of hydrogen-bond donors (Lipinski definition) is 1. The average molecular weight is 382 g/mol. The zero-order valence-electron chi connectivity index (χ0n) is 15.8. The first kappa shape index (κ1) is 20.9. The second kappa shape index (κ2) is 10.1. The maximum atomic E-state index is 12.8. The van der Waals surface area contributed by atoms with Crippen molar-refractivity contribution in [3.63, 3.8) is 0 Å². The van der Waals surface area contributed by atoms with Gasteiger partial charge in [-0.05, 0) is 25.5 Å². The number of aliphatic hydroxyl groups is 1. The number of ketones is 1. The molecule has 2 aromatic carbocycles. The van der Waals surface area contributed by atoms with Crippen molar-refractivity contribution in [1.82, 2.24) is 0 Å². The number of carbonyl (C=O) groups excluding carboxylic acids is 3. The Kier molecular flexibility index (Phi) is 7.51. The van der Waals surface area contributed by atoms with Crippen molar-refractivity contribution in [3.05, 3.63) is 82.6 Å². The van der Waals surface area contributed by atoms with E-state index in [1.54, 1.807) is 49.4 Å². The summed E-state index contributed by atoms with van der Waals surface area (Å²) in [5.74, 6) is -1.49. The van der Waals surface area contributed by atoms with Crippen LogP contribution in [0.5, 0.6) is 0 Å². The van der Waals surface area contributed by atoms with Crippen LogP contribution in [0.25, 0.3) is 0 Å². The van der Waals surface area contributed by atoms with Crippen LogP contribution in [0.3, 0.4) is 0 Å². The normalized spacial score (nSPS) is 11.0. The SMILES string of the molecule is CC(=CO)C(=O)OCCCOC(=O)c1cccc(C)c1C(=O)c1ccccc1. The van der Waals surface area contributed by atoms with Crippen molar-refractivity contribution in [2.45, 2.75) is 20.3 Å². The van der Waals surface area contributed by atoms with E-state index in [9.17, 15) is 14.4 Å². The zero-order valence-corrected chi connectivity index (χ0v) is 15.8. The Labute approximate surface area is 163 Å². The minimum absolute atomic E-state index is 0.0287. The van der Waals surface area contributed by atoms with E-state index < -0.39 is 11.9 Å². The second-order valence-corrected chi connectivity index (χ2v) is 6.13. The summed E-state index contributed by atoms with van der Waals surface area (Å²) in [5, 5.41) is 8.72. The third-order valence-electron chi connectivity index (χ3n) is 4.03. The van der Waals surface area contributed by atoms with Crippen LogP contribution < -0.4 is 0 Å². The summed E-state index contributed by atoms with van der Waals surface area (Å²) in [5.41, 5.74) is 1.77. The highest BCUT2D eigenvalue weighted by atomic mass is 16.5. The Hall–Kier alpha value is -3.41. The lowest BCUT2D eigenvalue weighted by molar-refractivity contribution is -0.139. The van der Waals surface area contributed by atoms with E-state index in [1.165, 1.54) is 6.92 Å². The van der Waals surface area contributed by atoms with Crippen molar-refractivity contribution in [2.75, 3.05) is 13.2 Å². The van der Waals surface area contributed by atoms with Crippen molar-refractivity contribution >= 4 is 17.7 Å². The van der Waals surface area contributed by atoms with Gasteiger partial charge in [0.25, 0.3) is 0 Å². The third-order valence-corrected chi connectivity index (χ3v) is 4.03. The number of esters is 2. The summed E-state index contributed by atoms with van der Waals surface area (Å²) in [6, 6.07) is 13.7. The highest BCUT2D eigenvalue weighted by molar-refractivity contribution is 6.15. The highest BCUT2D eigenvalue weighted by Gasteiger charge is 2.21. The van der Waals surface area contributed by atoms with Gasteiger partial charge in [-0.25, -0.2) is 9.59 Å². The van der Waals surface area contributed by atoms with E-state index >= 15 is 0 Å². The van der Waals surface area contributed by atoms with Gasteiger partial charge in [-0.3, -0.25) is 4.79 Å². The molecule has 0 spiro atoms. The molecule has 1 N–H and O–H groups in total. The summed E-state index contributed by atoms with van der Waals surface area (Å²) < 4.78 is 10.1. The molecule has 0 aliphatic rings. The average Bonchev–Trinajstić information content (AvgIpc) is 2.72. The van der Waals surface area contributed by atoms with Crippen LogP contribution in [-0.4, -0.2) is 36.0 Å². The van der Waals surface area contributed by atoms with Crippen LogP contribution >= 0.6 is 0 Å². The van der Waals surface area contributed by atoms with Gasteiger partial charge in [-0.15, -0.1) is 0 Å². The monoisotopic (exact) mass is 382 g/mol. The van der Waals surface area contributed by atoms with Crippen molar-refractivity contribution < 1.29 is 29.0 Å². The largest absolute Gasteiger partial charge is 0.515 e. The lowest BCUT2D eigenvalue weighted by Gasteiger charge is -2.12. The predicted octanol–water partition coefficient (Wildman–Crippen LogP) is 3.78. The molecule has 28 heavy (non-hydrogen) atoms. The van der Waals surface area contributed by atoms with Crippen molar-refractivity contribution in [1.29, 1.82) is 0 Å². The fraction of sp³-hybridized carbons (Fsp3) is 0.227. The molecule has 0 saturated carbocycles. The molecule has 0 saturated heterocycles. The number of ether oxygens (including phenoxy) is 2. The molecule has 0 aliphatic heterocycles. The first-order chi connectivity index (χ1) is 13.5. The van der Waals surface area contributed by atoms with Crippen LogP contribution in [0.1, 0.15) is 45.2 Å². The number of hydrogen-bond acceptors (Lipinski definition) is 6. The molecule has 0 atom stereocenters. The standard InChI is InChI=1S/C22H22O6/c1-15-8-6-11-18(19(15)20(24)17-9-4-3-5-10-17)22(26)28-13-7-12-27-21(25)16(2)14-23/h3-6,8-11,14,23H,7,12-13H2,1-2H3. The molecule has 2 rings (SSSR count). The molecule has 0 aromatic heterocycles. The van der Waals surface area contributed by atoms with E-state index in [-0.39, 0.29) is 30.1 Å². The van der Waals surface area contributed by atoms with Gasteiger partial charge in [0, 0.05) is 17.5 Å². The molecule has 0 aliphatic carbocycles. The van der Waals surface area contributed by atoms with Crippen LogP contribution in [0, 0.1) is 6.92 Å². The Morgan fingerprint density at radius 1 is 0.964 bits per heavy atom. The van der Waals surface area contributed by atoms with E-state index in [0.29, 0.717) is 29.4 Å². The van der Waals surface area contributed by atoms with Gasteiger partial charge in [-0.1, -0.05) is 42.5 Å². The minimum atomic E-state index is -0.636. The summed E-state index contributed by atoms with van der Waals surface area (Å²) in [6.45, 7) is 3.26.